The first kappa shape index (κ1) is 16.0. The molecule has 2 aromatic carbocycles. The number of carbonyl (C=O) groups excluding carboxylic acids is 1. The highest BCUT2D eigenvalue weighted by Crippen LogP contribution is 2.39. The van der Waals surface area contributed by atoms with Crippen LogP contribution in [-0.4, -0.2) is 5.91 Å². The van der Waals surface area contributed by atoms with Crippen molar-refractivity contribution in [3.05, 3.63) is 70.2 Å². The van der Waals surface area contributed by atoms with Gasteiger partial charge in [-0.1, -0.05) is 48.7 Å². The van der Waals surface area contributed by atoms with Gasteiger partial charge in [0.2, 0.25) is 0 Å². The van der Waals surface area contributed by atoms with Gasteiger partial charge in [-0.25, -0.2) is 0 Å². The topological polar surface area (TPSA) is 55.1 Å². The molecule has 1 aliphatic carbocycles. The van der Waals surface area contributed by atoms with Gasteiger partial charge in [0.05, 0.1) is 5.54 Å². The minimum atomic E-state index is -0.284. The van der Waals surface area contributed by atoms with Crippen LogP contribution < -0.4 is 11.1 Å². The van der Waals surface area contributed by atoms with Crippen molar-refractivity contribution < 1.29 is 4.79 Å². The fraction of sp³-hybridized carbons (Fsp3) is 0.316. The average Bonchev–Trinajstić information content (AvgIpc) is 3.05. The van der Waals surface area contributed by atoms with E-state index in [1.54, 1.807) is 0 Å². The quantitative estimate of drug-likeness (QED) is 0.891. The Morgan fingerprint density at radius 1 is 1.04 bits per heavy atom. The summed E-state index contributed by atoms with van der Waals surface area (Å²) >= 11 is 6.00. The predicted molar refractivity (Wildman–Crippen MR) is 93.4 cm³/mol. The van der Waals surface area contributed by atoms with Crippen molar-refractivity contribution in [1.82, 2.24) is 5.32 Å². The highest BCUT2D eigenvalue weighted by molar-refractivity contribution is 6.30. The Kier molecular flexibility index (Phi) is 4.69. The van der Waals surface area contributed by atoms with E-state index in [2.05, 4.69) is 5.32 Å². The number of amides is 1. The predicted octanol–water partition coefficient (Wildman–Crippen LogP) is 4.00. The summed E-state index contributed by atoms with van der Waals surface area (Å²) in [7, 11) is 0. The van der Waals surface area contributed by atoms with Crippen molar-refractivity contribution in [3.8, 4) is 0 Å². The van der Waals surface area contributed by atoms with Crippen LogP contribution in [0.5, 0.6) is 0 Å². The van der Waals surface area contributed by atoms with Crippen LogP contribution in [0.3, 0.4) is 0 Å². The Labute approximate surface area is 141 Å². The molecule has 0 aromatic heterocycles. The number of carbonyl (C=O) groups is 1. The fourth-order valence-electron chi connectivity index (χ4n) is 3.32. The van der Waals surface area contributed by atoms with Crippen LogP contribution in [0.25, 0.3) is 0 Å². The number of halogens is 1. The first-order valence-corrected chi connectivity index (χ1v) is 8.38. The number of hydrogen-bond donors (Lipinski definition) is 2. The number of rotatable bonds is 4. The average molecular weight is 329 g/mol. The summed E-state index contributed by atoms with van der Waals surface area (Å²) in [5.74, 6) is -0.0366. The Morgan fingerprint density at radius 3 is 2.22 bits per heavy atom. The minimum Gasteiger partial charge on any atom is -0.343 e. The second-order valence-electron chi connectivity index (χ2n) is 6.15. The molecule has 0 aliphatic heterocycles. The van der Waals surface area contributed by atoms with E-state index in [1.165, 1.54) is 0 Å². The monoisotopic (exact) mass is 328 g/mol. The molecule has 0 heterocycles. The van der Waals surface area contributed by atoms with Crippen molar-refractivity contribution in [3.63, 3.8) is 0 Å². The molecule has 1 amide bonds. The van der Waals surface area contributed by atoms with Crippen LogP contribution in [0.15, 0.2) is 48.5 Å². The number of benzene rings is 2. The van der Waals surface area contributed by atoms with Crippen molar-refractivity contribution >= 4 is 17.5 Å². The smallest absolute Gasteiger partial charge is 0.251 e. The molecule has 0 saturated heterocycles. The molecule has 3 nitrogen and oxygen atoms in total. The maximum absolute atomic E-state index is 12.7. The van der Waals surface area contributed by atoms with E-state index in [-0.39, 0.29) is 11.4 Å². The summed E-state index contributed by atoms with van der Waals surface area (Å²) in [4.78, 5) is 12.7. The Bertz CT molecular complexity index is 674. The van der Waals surface area contributed by atoms with E-state index < -0.39 is 0 Å². The summed E-state index contributed by atoms with van der Waals surface area (Å²) in [5, 5.41) is 3.98. The molecule has 0 bridgehead atoms. The highest BCUT2D eigenvalue weighted by Gasteiger charge is 2.37. The molecule has 1 aliphatic rings. The van der Waals surface area contributed by atoms with Gasteiger partial charge >= 0.3 is 0 Å². The maximum atomic E-state index is 12.7. The van der Waals surface area contributed by atoms with E-state index in [0.717, 1.165) is 36.8 Å². The van der Waals surface area contributed by atoms with Crippen LogP contribution in [0.4, 0.5) is 0 Å². The second kappa shape index (κ2) is 6.73. The Morgan fingerprint density at radius 2 is 1.65 bits per heavy atom. The van der Waals surface area contributed by atoms with Gasteiger partial charge in [0.25, 0.3) is 5.91 Å². The van der Waals surface area contributed by atoms with Gasteiger partial charge in [-0.15, -0.1) is 0 Å². The van der Waals surface area contributed by atoms with E-state index >= 15 is 0 Å². The van der Waals surface area contributed by atoms with E-state index in [1.807, 2.05) is 48.5 Å². The lowest BCUT2D eigenvalue weighted by molar-refractivity contribution is 0.0898. The Hall–Kier alpha value is -1.84. The van der Waals surface area contributed by atoms with Crippen molar-refractivity contribution in [1.29, 1.82) is 0 Å². The first-order chi connectivity index (χ1) is 11.1. The third-order valence-corrected chi connectivity index (χ3v) is 4.91. The van der Waals surface area contributed by atoms with Crippen LogP contribution >= 0.6 is 11.6 Å². The molecule has 0 spiro atoms. The molecule has 2 aromatic rings. The molecule has 4 heteroatoms. The standard InChI is InChI=1S/C19H21ClN2O/c20-17-9-7-16(8-10-17)19(11-1-2-12-19)22-18(23)15-5-3-14(13-21)4-6-15/h3-10H,1-2,11-13,21H2,(H,22,23). The number of nitrogens with one attached hydrogen (secondary N) is 1. The van der Waals surface area contributed by atoms with Crippen LogP contribution in [0.2, 0.25) is 5.02 Å². The SMILES string of the molecule is NCc1ccc(C(=O)NC2(c3ccc(Cl)cc3)CCCC2)cc1. The van der Waals surface area contributed by atoms with Gasteiger partial charge in [-0.2, -0.15) is 0 Å². The largest absolute Gasteiger partial charge is 0.343 e. The molecule has 1 saturated carbocycles. The van der Waals surface area contributed by atoms with Gasteiger partial charge in [-0.3, -0.25) is 4.79 Å². The van der Waals surface area contributed by atoms with Crippen LogP contribution in [-0.2, 0) is 12.1 Å². The second-order valence-corrected chi connectivity index (χ2v) is 6.59. The molecule has 3 N–H and O–H groups in total. The first-order valence-electron chi connectivity index (χ1n) is 8.00. The van der Waals surface area contributed by atoms with Crippen molar-refractivity contribution in [2.75, 3.05) is 0 Å². The third kappa shape index (κ3) is 3.41. The van der Waals surface area contributed by atoms with E-state index in [0.29, 0.717) is 17.1 Å². The van der Waals surface area contributed by atoms with Crippen LogP contribution in [0.1, 0.15) is 47.2 Å². The lowest BCUT2D eigenvalue weighted by Gasteiger charge is -2.31. The highest BCUT2D eigenvalue weighted by atomic mass is 35.5. The van der Waals surface area contributed by atoms with Gasteiger partial charge in [0.1, 0.15) is 0 Å². The maximum Gasteiger partial charge on any atom is 0.251 e. The van der Waals surface area contributed by atoms with Crippen LogP contribution in [0, 0.1) is 0 Å². The molecule has 23 heavy (non-hydrogen) atoms. The molecule has 3 rings (SSSR count). The molecule has 0 unspecified atom stereocenters. The van der Waals surface area contributed by atoms with Gasteiger partial charge < -0.3 is 11.1 Å². The summed E-state index contributed by atoms with van der Waals surface area (Å²) < 4.78 is 0. The summed E-state index contributed by atoms with van der Waals surface area (Å²) in [6.07, 6.45) is 4.16. The normalized spacial score (nSPS) is 16.3. The zero-order chi connectivity index (χ0) is 16.3. The zero-order valence-corrected chi connectivity index (χ0v) is 13.8. The molecule has 1 fully saturated rings. The Balaban J connectivity index is 1.84. The molecular weight excluding hydrogens is 308 g/mol. The molecule has 120 valence electrons. The fourth-order valence-corrected chi connectivity index (χ4v) is 3.44. The summed E-state index contributed by atoms with van der Waals surface area (Å²) in [5.41, 5.74) is 8.15. The van der Waals surface area contributed by atoms with Gasteiger partial charge in [-0.05, 0) is 48.2 Å². The number of nitrogens with two attached hydrogens (primary N) is 1. The molecule has 0 atom stereocenters. The van der Waals surface area contributed by atoms with E-state index in [4.69, 9.17) is 17.3 Å². The van der Waals surface area contributed by atoms with Crippen molar-refractivity contribution in [2.45, 2.75) is 37.8 Å². The molecule has 0 radical (unpaired) electrons. The number of hydrogen-bond acceptors (Lipinski definition) is 2. The van der Waals surface area contributed by atoms with Crippen molar-refractivity contribution in [2.24, 2.45) is 5.73 Å². The van der Waals surface area contributed by atoms with E-state index in [9.17, 15) is 4.79 Å². The van der Waals surface area contributed by atoms with Gasteiger partial charge in [0.15, 0.2) is 0 Å². The molecular formula is C19H21ClN2O. The van der Waals surface area contributed by atoms with Gasteiger partial charge in [0, 0.05) is 17.1 Å². The lowest BCUT2D eigenvalue weighted by Crippen LogP contribution is -2.43. The summed E-state index contributed by atoms with van der Waals surface area (Å²) in [6, 6.07) is 15.3. The zero-order valence-electron chi connectivity index (χ0n) is 13.0. The third-order valence-electron chi connectivity index (χ3n) is 4.66. The summed E-state index contributed by atoms with van der Waals surface area (Å²) in [6.45, 7) is 0.483. The minimum absolute atomic E-state index is 0.0366. The lowest BCUT2D eigenvalue weighted by atomic mass is 9.87.